The molecule has 0 spiro atoms. The fourth-order valence-electron chi connectivity index (χ4n) is 2.78. The highest BCUT2D eigenvalue weighted by Crippen LogP contribution is 2.28. The standard InChI is InChI=1S/C18H17N5O4/c1-21-14(20-16-15(21)17(24)23(3)18(25)22(16)2)8-6-11-5-7-12(27-10-19)13(9-11)26-4/h5-9H,1-4H3/b8-6+. The molecule has 0 radical (unpaired) electrons. The summed E-state index contributed by atoms with van der Waals surface area (Å²) in [5, 5.41) is 8.64. The number of methoxy groups -OCH3 is 1. The zero-order chi connectivity index (χ0) is 19.7. The Kier molecular flexibility index (Phi) is 4.56. The normalized spacial score (nSPS) is 11.1. The van der Waals surface area contributed by atoms with Crippen molar-refractivity contribution in [1.82, 2.24) is 18.7 Å². The summed E-state index contributed by atoms with van der Waals surface area (Å²) in [6.07, 6.45) is 5.11. The van der Waals surface area contributed by atoms with E-state index in [-0.39, 0.29) is 0 Å². The molecule has 9 heteroatoms. The Morgan fingerprint density at radius 2 is 1.81 bits per heavy atom. The molecule has 27 heavy (non-hydrogen) atoms. The van der Waals surface area contributed by atoms with E-state index in [9.17, 15) is 9.59 Å². The molecule has 0 atom stereocenters. The molecule has 0 aliphatic heterocycles. The lowest BCUT2D eigenvalue weighted by Gasteiger charge is -2.05. The first-order valence-electron chi connectivity index (χ1n) is 7.93. The minimum Gasteiger partial charge on any atom is -0.493 e. The number of imidazole rings is 1. The van der Waals surface area contributed by atoms with Crippen LogP contribution < -0.4 is 20.7 Å². The van der Waals surface area contributed by atoms with Gasteiger partial charge in [-0.2, -0.15) is 0 Å². The van der Waals surface area contributed by atoms with Crippen LogP contribution in [0.15, 0.2) is 27.8 Å². The molecule has 2 heterocycles. The Labute approximate surface area is 153 Å². The number of nitriles is 1. The number of aryl methyl sites for hydroxylation is 2. The number of benzene rings is 1. The predicted molar refractivity (Wildman–Crippen MR) is 99.4 cm³/mol. The smallest absolute Gasteiger partial charge is 0.332 e. The molecule has 3 rings (SSSR count). The van der Waals surface area contributed by atoms with Crippen LogP contribution in [0.4, 0.5) is 0 Å². The van der Waals surface area contributed by atoms with E-state index >= 15 is 0 Å². The van der Waals surface area contributed by atoms with Gasteiger partial charge in [-0.25, -0.2) is 9.78 Å². The Morgan fingerprint density at radius 3 is 2.48 bits per heavy atom. The lowest BCUT2D eigenvalue weighted by atomic mass is 10.2. The number of rotatable bonds is 4. The first kappa shape index (κ1) is 18.0. The van der Waals surface area contributed by atoms with E-state index in [4.69, 9.17) is 14.7 Å². The van der Waals surface area contributed by atoms with Gasteiger partial charge in [0, 0.05) is 21.1 Å². The average Bonchev–Trinajstić information content (AvgIpc) is 3.00. The van der Waals surface area contributed by atoms with E-state index in [1.807, 2.05) is 0 Å². The predicted octanol–water partition coefficient (Wildman–Crippen LogP) is 1.01. The van der Waals surface area contributed by atoms with Crippen molar-refractivity contribution in [1.29, 1.82) is 5.26 Å². The van der Waals surface area contributed by atoms with Crippen molar-refractivity contribution in [2.45, 2.75) is 0 Å². The number of ether oxygens (including phenoxy) is 2. The largest absolute Gasteiger partial charge is 0.493 e. The van der Waals surface area contributed by atoms with Gasteiger partial charge in [-0.15, -0.1) is 5.26 Å². The third kappa shape index (κ3) is 2.97. The molecule has 138 valence electrons. The highest BCUT2D eigenvalue weighted by atomic mass is 16.5. The van der Waals surface area contributed by atoms with Crippen LogP contribution in [0.5, 0.6) is 11.5 Å². The van der Waals surface area contributed by atoms with Gasteiger partial charge in [-0.3, -0.25) is 13.9 Å². The maximum absolute atomic E-state index is 12.4. The molecule has 1 aromatic carbocycles. The van der Waals surface area contributed by atoms with Crippen LogP contribution in [0.3, 0.4) is 0 Å². The Balaban J connectivity index is 2.08. The van der Waals surface area contributed by atoms with Crippen LogP contribution >= 0.6 is 0 Å². The van der Waals surface area contributed by atoms with Gasteiger partial charge in [0.2, 0.25) is 0 Å². The number of hydrogen-bond acceptors (Lipinski definition) is 6. The van der Waals surface area contributed by atoms with Crippen LogP contribution in [0.1, 0.15) is 11.4 Å². The van der Waals surface area contributed by atoms with Crippen LogP contribution in [0.2, 0.25) is 0 Å². The van der Waals surface area contributed by atoms with Gasteiger partial charge < -0.3 is 14.0 Å². The maximum Gasteiger partial charge on any atom is 0.332 e. The Bertz CT molecular complexity index is 1220. The molecule has 0 amide bonds. The maximum atomic E-state index is 12.4. The van der Waals surface area contributed by atoms with Gasteiger partial charge >= 0.3 is 5.69 Å². The molecule has 0 saturated carbocycles. The second kappa shape index (κ2) is 6.84. The summed E-state index contributed by atoms with van der Waals surface area (Å²) >= 11 is 0. The molecule has 9 nitrogen and oxygen atoms in total. The second-order valence-electron chi connectivity index (χ2n) is 5.84. The monoisotopic (exact) mass is 367 g/mol. The zero-order valence-corrected chi connectivity index (χ0v) is 15.3. The molecular weight excluding hydrogens is 350 g/mol. The summed E-state index contributed by atoms with van der Waals surface area (Å²) in [5.41, 5.74) is 0.613. The highest BCUT2D eigenvalue weighted by Gasteiger charge is 2.15. The molecule has 0 aliphatic carbocycles. The molecule has 0 bridgehead atoms. The summed E-state index contributed by atoms with van der Waals surface area (Å²) in [5.74, 6) is 1.25. The van der Waals surface area contributed by atoms with E-state index < -0.39 is 11.2 Å². The highest BCUT2D eigenvalue weighted by molar-refractivity contribution is 5.76. The second-order valence-corrected chi connectivity index (χ2v) is 5.84. The van der Waals surface area contributed by atoms with E-state index in [1.165, 1.54) is 18.7 Å². The van der Waals surface area contributed by atoms with Crippen molar-refractivity contribution in [3.8, 4) is 17.8 Å². The van der Waals surface area contributed by atoms with Crippen molar-refractivity contribution in [2.24, 2.45) is 21.1 Å². The van der Waals surface area contributed by atoms with E-state index in [0.29, 0.717) is 28.5 Å². The van der Waals surface area contributed by atoms with Gasteiger partial charge in [0.25, 0.3) is 11.8 Å². The van der Waals surface area contributed by atoms with Crippen molar-refractivity contribution in [3.63, 3.8) is 0 Å². The quantitative estimate of drug-likeness (QED) is 0.638. The number of nitrogens with zero attached hydrogens (tertiary/aromatic N) is 5. The van der Waals surface area contributed by atoms with E-state index in [1.54, 1.807) is 55.3 Å². The Hall–Kier alpha value is -3.80. The summed E-state index contributed by atoms with van der Waals surface area (Å²) in [6.45, 7) is 0. The third-order valence-electron chi connectivity index (χ3n) is 4.28. The Morgan fingerprint density at radius 1 is 1.07 bits per heavy atom. The van der Waals surface area contributed by atoms with Crippen LogP contribution in [-0.4, -0.2) is 25.8 Å². The van der Waals surface area contributed by atoms with Gasteiger partial charge in [-0.1, -0.05) is 12.1 Å². The number of aromatic nitrogens is 4. The molecule has 0 fully saturated rings. The lowest BCUT2D eigenvalue weighted by Crippen LogP contribution is -2.37. The summed E-state index contributed by atoms with van der Waals surface area (Å²) in [7, 11) is 6.20. The summed E-state index contributed by atoms with van der Waals surface area (Å²) in [4.78, 5) is 28.9. The third-order valence-corrected chi connectivity index (χ3v) is 4.28. The topological polar surface area (TPSA) is 104 Å². The molecular formula is C18H17N5O4. The molecule has 0 N–H and O–H groups in total. The average molecular weight is 367 g/mol. The van der Waals surface area contributed by atoms with Crippen molar-refractivity contribution < 1.29 is 9.47 Å². The minimum atomic E-state index is -0.432. The molecule has 0 saturated heterocycles. The van der Waals surface area contributed by atoms with E-state index in [0.717, 1.165) is 10.1 Å². The lowest BCUT2D eigenvalue weighted by molar-refractivity contribution is 0.384. The molecule has 0 unspecified atom stereocenters. The van der Waals surface area contributed by atoms with Crippen molar-refractivity contribution >= 4 is 23.3 Å². The zero-order valence-electron chi connectivity index (χ0n) is 15.3. The fourth-order valence-corrected chi connectivity index (χ4v) is 2.78. The number of hydrogen-bond donors (Lipinski definition) is 0. The van der Waals surface area contributed by atoms with Crippen molar-refractivity contribution in [3.05, 3.63) is 50.4 Å². The number of fused-ring (bicyclic) bond motifs is 1. The summed E-state index contributed by atoms with van der Waals surface area (Å²) in [6, 6.07) is 5.08. The molecule has 0 aliphatic rings. The minimum absolute atomic E-state index is 0.318. The van der Waals surface area contributed by atoms with E-state index in [2.05, 4.69) is 4.98 Å². The van der Waals surface area contributed by atoms with Gasteiger partial charge in [0.15, 0.2) is 22.7 Å². The van der Waals surface area contributed by atoms with Gasteiger partial charge in [-0.05, 0) is 23.8 Å². The van der Waals surface area contributed by atoms with Gasteiger partial charge in [0.1, 0.15) is 5.82 Å². The van der Waals surface area contributed by atoms with Gasteiger partial charge in [0.05, 0.1) is 7.11 Å². The SMILES string of the molecule is COc1cc(/C=C/c2nc3c(c(=O)n(C)c(=O)n3C)n2C)ccc1OC#N. The van der Waals surface area contributed by atoms with Crippen LogP contribution in [0, 0.1) is 11.5 Å². The van der Waals surface area contributed by atoms with Crippen molar-refractivity contribution in [2.75, 3.05) is 7.11 Å². The van der Waals surface area contributed by atoms with Crippen LogP contribution in [0.25, 0.3) is 23.3 Å². The fraction of sp³-hybridized carbons (Fsp3) is 0.222. The first-order valence-corrected chi connectivity index (χ1v) is 7.93. The summed E-state index contributed by atoms with van der Waals surface area (Å²) < 4.78 is 14.1. The molecule has 2 aromatic heterocycles. The first-order chi connectivity index (χ1) is 12.9. The molecule has 3 aromatic rings. The van der Waals surface area contributed by atoms with Crippen LogP contribution in [-0.2, 0) is 21.1 Å².